The van der Waals surface area contributed by atoms with Gasteiger partial charge in [0, 0.05) is 43.1 Å². The summed E-state index contributed by atoms with van der Waals surface area (Å²) < 4.78 is 0. The molecule has 1 N–H and O–H groups in total. The Labute approximate surface area is 148 Å². The van der Waals surface area contributed by atoms with E-state index in [1.54, 1.807) is 12.4 Å². The second kappa shape index (κ2) is 6.84. The lowest BCUT2D eigenvalue weighted by Crippen LogP contribution is -2.57. The Morgan fingerprint density at radius 3 is 2.80 bits per heavy atom. The molecule has 2 saturated heterocycles. The van der Waals surface area contributed by atoms with Gasteiger partial charge in [0.1, 0.15) is 0 Å². The molecule has 1 aromatic carbocycles. The quantitative estimate of drug-likeness (QED) is 0.914. The van der Waals surface area contributed by atoms with Crippen molar-refractivity contribution in [3.63, 3.8) is 0 Å². The average Bonchev–Trinajstić information content (AvgIpc) is 3.09. The van der Waals surface area contributed by atoms with Crippen LogP contribution in [0.4, 0.5) is 10.5 Å². The van der Waals surface area contributed by atoms with E-state index >= 15 is 0 Å². The molecule has 0 saturated carbocycles. The number of carbonyl (C=O) groups is 1. The number of para-hydroxylation sites is 1. The summed E-state index contributed by atoms with van der Waals surface area (Å²) in [6, 6.07) is 12.6. The maximum Gasteiger partial charge on any atom is 0.322 e. The first-order chi connectivity index (χ1) is 12.2. The number of fused-ring (bicyclic) bond motifs is 1. The average molecular weight is 336 g/mol. The molecule has 2 aliphatic rings. The molecular formula is C20H24N4O. The van der Waals surface area contributed by atoms with Gasteiger partial charge in [-0.1, -0.05) is 18.2 Å². The summed E-state index contributed by atoms with van der Waals surface area (Å²) in [6.45, 7) is 5.12. The number of nitrogens with one attached hydrogen (secondary N) is 1. The summed E-state index contributed by atoms with van der Waals surface area (Å²) in [7, 11) is 0. The van der Waals surface area contributed by atoms with Gasteiger partial charge in [-0.2, -0.15) is 0 Å². The van der Waals surface area contributed by atoms with E-state index in [4.69, 9.17) is 0 Å². The number of anilines is 1. The molecule has 0 bridgehead atoms. The standard InChI is InChI=1S/C20H24N4O/c1-15-13-23-12-4-5-17(23)14-24(15)20(25)22-19-7-3-2-6-18(19)16-8-10-21-11-9-16/h2-3,6-11,15,17H,4-5,12-14H2,1H3,(H,22,25). The first-order valence-corrected chi connectivity index (χ1v) is 9.03. The fourth-order valence-corrected chi connectivity index (χ4v) is 4.03. The first kappa shape index (κ1) is 16.1. The van der Waals surface area contributed by atoms with E-state index in [2.05, 4.69) is 22.1 Å². The molecule has 1 aromatic heterocycles. The summed E-state index contributed by atoms with van der Waals surface area (Å²) in [5.41, 5.74) is 2.92. The summed E-state index contributed by atoms with van der Waals surface area (Å²) >= 11 is 0. The van der Waals surface area contributed by atoms with Gasteiger partial charge in [0.15, 0.2) is 0 Å². The summed E-state index contributed by atoms with van der Waals surface area (Å²) in [5, 5.41) is 3.14. The Kier molecular flexibility index (Phi) is 4.40. The third-order valence-corrected chi connectivity index (χ3v) is 5.36. The van der Waals surface area contributed by atoms with Gasteiger partial charge in [0.25, 0.3) is 0 Å². The lowest BCUT2D eigenvalue weighted by atomic mass is 10.0. The fraction of sp³-hybridized carbons (Fsp3) is 0.400. The fourth-order valence-electron chi connectivity index (χ4n) is 4.03. The van der Waals surface area contributed by atoms with Crippen molar-refractivity contribution in [3.05, 3.63) is 48.8 Å². The molecule has 2 amide bonds. The Morgan fingerprint density at radius 1 is 1.16 bits per heavy atom. The number of piperazine rings is 1. The van der Waals surface area contributed by atoms with Gasteiger partial charge >= 0.3 is 6.03 Å². The zero-order chi connectivity index (χ0) is 17.2. The van der Waals surface area contributed by atoms with E-state index in [-0.39, 0.29) is 12.1 Å². The molecule has 0 aliphatic carbocycles. The monoisotopic (exact) mass is 336 g/mol. The van der Waals surface area contributed by atoms with Crippen molar-refractivity contribution in [2.24, 2.45) is 0 Å². The number of benzene rings is 1. The Hall–Kier alpha value is -2.40. The molecular weight excluding hydrogens is 312 g/mol. The molecule has 3 heterocycles. The summed E-state index contributed by atoms with van der Waals surface area (Å²) in [6.07, 6.45) is 5.99. The Morgan fingerprint density at radius 2 is 1.96 bits per heavy atom. The molecule has 2 unspecified atom stereocenters. The van der Waals surface area contributed by atoms with Gasteiger partial charge < -0.3 is 10.2 Å². The van der Waals surface area contributed by atoms with Crippen molar-refractivity contribution in [3.8, 4) is 11.1 Å². The number of amides is 2. The number of rotatable bonds is 2. The molecule has 130 valence electrons. The third-order valence-electron chi connectivity index (χ3n) is 5.36. The van der Waals surface area contributed by atoms with Crippen LogP contribution in [0.3, 0.4) is 0 Å². The van der Waals surface area contributed by atoms with E-state index in [0.29, 0.717) is 6.04 Å². The smallest absolute Gasteiger partial charge is 0.319 e. The molecule has 25 heavy (non-hydrogen) atoms. The van der Waals surface area contributed by atoms with Crippen LogP contribution in [0.2, 0.25) is 0 Å². The predicted octanol–water partition coefficient (Wildman–Crippen LogP) is 3.45. The van der Waals surface area contributed by atoms with Crippen molar-refractivity contribution in [2.45, 2.75) is 31.8 Å². The van der Waals surface area contributed by atoms with E-state index in [0.717, 1.165) is 29.9 Å². The van der Waals surface area contributed by atoms with Crippen LogP contribution in [0.25, 0.3) is 11.1 Å². The third kappa shape index (κ3) is 3.24. The Balaban J connectivity index is 1.53. The molecule has 2 aliphatic heterocycles. The van der Waals surface area contributed by atoms with Crippen molar-refractivity contribution in [1.82, 2.24) is 14.8 Å². The highest BCUT2D eigenvalue weighted by atomic mass is 16.2. The SMILES string of the molecule is CC1CN2CCCC2CN1C(=O)Nc1ccccc1-c1ccncc1. The van der Waals surface area contributed by atoms with Crippen LogP contribution in [0.5, 0.6) is 0 Å². The highest BCUT2D eigenvalue weighted by molar-refractivity contribution is 5.94. The highest BCUT2D eigenvalue weighted by Gasteiger charge is 2.36. The lowest BCUT2D eigenvalue weighted by Gasteiger charge is -2.42. The maximum atomic E-state index is 12.9. The number of hydrogen-bond acceptors (Lipinski definition) is 3. The topological polar surface area (TPSA) is 48.5 Å². The Bertz CT molecular complexity index is 748. The number of aromatic nitrogens is 1. The van der Waals surface area contributed by atoms with Crippen LogP contribution in [-0.4, -0.2) is 52.5 Å². The van der Waals surface area contributed by atoms with E-state index < -0.39 is 0 Å². The molecule has 0 radical (unpaired) electrons. The van der Waals surface area contributed by atoms with Gasteiger partial charge in [-0.25, -0.2) is 4.79 Å². The maximum absolute atomic E-state index is 12.9. The predicted molar refractivity (Wildman–Crippen MR) is 99.5 cm³/mol. The van der Waals surface area contributed by atoms with Gasteiger partial charge in [0.2, 0.25) is 0 Å². The van der Waals surface area contributed by atoms with Crippen molar-refractivity contribution < 1.29 is 4.79 Å². The first-order valence-electron chi connectivity index (χ1n) is 9.03. The number of urea groups is 1. The molecule has 4 rings (SSSR count). The number of carbonyl (C=O) groups excluding carboxylic acids is 1. The molecule has 5 heteroatoms. The van der Waals surface area contributed by atoms with Crippen LogP contribution in [0.1, 0.15) is 19.8 Å². The summed E-state index contributed by atoms with van der Waals surface area (Å²) in [4.78, 5) is 21.5. The second-order valence-electron chi connectivity index (χ2n) is 7.00. The van der Waals surface area contributed by atoms with Crippen LogP contribution in [-0.2, 0) is 0 Å². The van der Waals surface area contributed by atoms with Crippen LogP contribution >= 0.6 is 0 Å². The van der Waals surface area contributed by atoms with Crippen molar-refractivity contribution >= 4 is 11.7 Å². The zero-order valence-corrected chi connectivity index (χ0v) is 14.6. The van der Waals surface area contributed by atoms with Crippen molar-refractivity contribution in [1.29, 1.82) is 0 Å². The normalized spacial score (nSPS) is 23.3. The molecule has 2 aromatic rings. The van der Waals surface area contributed by atoms with Crippen LogP contribution in [0, 0.1) is 0 Å². The summed E-state index contributed by atoms with van der Waals surface area (Å²) in [5.74, 6) is 0. The molecule has 2 fully saturated rings. The number of nitrogens with zero attached hydrogens (tertiary/aromatic N) is 3. The van der Waals surface area contributed by atoms with E-state index in [1.807, 2.05) is 41.3 Å². The van der Waals surface area contributed by atoms with E-state index in [9.17, 15) is 4.79 Å². The van der Waals surface area contributed by atoms with E-state index in [1.165, 1.54) is 19.4 Å². The zero-order valence-electron chi connectivity index (χ0n) is 14.6. The van der Waals surface area contributed by atoms with Gasteiger partial charge in [0.05, 0.1) is 5.69 Å². The molecule has 5 nitrogen and oxygen atoms in total. The van der Waals surface area contributed by atoms with Crippen LogP contribution in [0.15, 0.2) is 48.8 Å². The number of hydrogen-bond donors (Lipinski definition) is 1. The second-order valence-corrected chi connectivity index (χ2v) is 7.00. The van der Waals surface area contributed by atoms with Gasteiger partial charge in [-0.05, 0) is 50.1 Å². The minimum atomic E-state index is 0.000515. The number of pyridine rings is 1. The van der Waals surface area contributed by atoms with Gasteiger partial charge in [-0.15, -0.1) is 0 Å². The van der Waals surface area contributed by atoms with Gasteiger partial charge in [-0.3, -0.25) is 9.88 Å². The minimum absolute atomic E-state index is 0.000515. The van der Waals surface area contributed by atoms with Crippen molar-refractivity contribution in [2.75, 3.05) is 25.0 Å². The van der Waals surface area contributed by atoms with Crippen LogP contribution < -0.4 is 5.32 Å². The highest BCUT2D eigenvalue weighted by Crippen LogP contribution is 2.29. The largest absolute Gasteiger partial charge is 0.322 e. The molecule has 2 atom stereocenters. The minimum Gasteiger partial charge on any atom is -0.319 e. The lowest BCUT2D eigenvalue weighted by molar-refractivity contribution is 0.0861. The molecule has 0 spiro atoms.